The van der Waals surface area contributed by atoms with E-state index in [4.69, 9.17) is 4.74 Å². The van der Waals surface area contributed by atoms with Gasteiger partial charge in [-0.1, -0.05) is 12.1 Å². The van der Waals surface area contributed by atoms with Crippen LogP contribution in [0.5, 0.6) is 0 Å². The van der Waals surface area contributed by atoms with Crippen molar-refractivity contribution in [3.05, 3.63) is 29.8 Å². The minimum Gasteiger partial charge on any atom is -0.378 e. The number of benzene rings is 1. The fraction of sp³-hybridized carbons (Fsp3) is 0.471. The number of carbonyl (C=O) groups is 2. The van der Waals surface area contributed by atoms with Crippen LogP contribution >= 0.6 is 0 Å². The van der Waals surface area contributed by atoms with Crippen LogP contribution in [-0.4, -0.2) is 49.9 Å². The van der Waals surface area contributed by atoms with Gasteiger partial charge in [-0.3, -0.25) is 9.59 Å². The molecule has 7 nitrogen and oxygen atoms in total. The highest BCUT2D eigenvalue weighted by atomic mass is 16.5. The van der Waals surface area contributed by atoms with Gasteiger partial charge in [0.15, 0.2) is 0 Å². The zero-order chi connectivity index (χ0) is 17.5. The zero-order valence-electron chi connectivity index (χ0n) is 14.3. The van der Waals surface area contributed by atoms with Gasteiger partial charge in [0.1, 0.15) is 0 Å². The summed E-state index contributed by atoms with van der Waals surface area (Å²) in [5.74, 6) is -1.46. The molecule has 0 bridgehead atoms. The molecule has 1 aromatic carbocycles. The lowest BCUT2D eigenvalue weighted by Crippen LogP contribution is -2.41. The topological polar surface area (TPSA) is 83.0 Å². The predicted octanol–water partition coefficient (Wildman–Crippen LogP) is 0.888. The second kappa shape index (κ2) is 8.44. The van der Waals surface area contributed by atoms with Crippen LogP contribution in [0.4, 0.5) is 5.69 Å². The van der Waals surface area contributed by atoms with Crippen molar-refractivity contribution in [2.45, 2.75) is 26.8 Å². The van der Waals surface area contributed by atoms with Crippen LogP contribution in [-0.2, 0) is 14.3 Å². The van der Waals surface area contributed by atoms with E-state index >= 15 is 0 Å². The Kier molecular flexibility index (Phi) is 6.31. The molecule has 1 saturated heterocycles. The maximum Gasteiger partial charge on any atom is 0.329 e. The molecule has 1 heterocycles. The summed E-state index contributed by atoms with van der Waals surface area (Å²) in [5.41, 5.74) is 4.93. The fourth-order valence-corrected chi connectivity index (χ4v) is 2.31. The predicted molar refractivity (Wildman–Crippen MR) is 93.1 cm³/mol. The van der Waals surface area contributed by atoms with E-state index in [1.165, 1.54) is 0 Å². The van der Waals surface area contributed by atoms with E-state index in [0.29, 0.717) is 5.71 Å². The van der Waals surface area contributed by atoms with Crippen molar-refractivity contribution < 1.29 is 14.3 Å². The molecule has 0 unspecified atom stereocenters. The van der Waals surface area contributed by atoms with Crippen LogP contribution in [0.3, 0.4) is 0 Å². The maximum atomic E-state index is 11.6. The molecule has 7 heteroatoms. The summed E-state index contributed by atoms with van der Waals surface area (Å²) in [4.78, 5) is 25.4. The molecule has 1 aliphatic heterocycles. The van der Waals surface area contributed by atoms with Gasteiger partial charge < -0.3 is 15.0 Å². The summed E-state index contributed by atoms with van der Waals surface area (Å²) in [6.45, 7) is 8.61. The van der Waals surface area contributed by atoms with Crippen LogP contribution < -0.4 is 15.6 Å². The average molecular weight is 332 g/mol. The van der Waals surface area contributed by atoms with E-state index < -0.39 is 11.8 Å². The monoisotopic (exact) mass is 332 g/mol. The maximum absolute atomic E-state index is 11.6. The number of morpholine rings is 1. The van der Waals surface area contributed by atoms with E-state index in [0.717, 1.165) is 37.6 Å². The quantitative estimate of drug-likeness (QED) is 0.487. The van der Waals surface area contributed by atoms with Crippen LogP contribution in [0.1, 0.15) is 26.3 Å². The third kappa shape index (κ3) is 5.06. The summed E-state index contributed by atoms with van der Waals surface area (Å²) in [5, 5.41) is 6.50. The highest BCUT2D eigenvalue weighted by Gasteiger charge is 2.14. The largest absolute Gasteiger partial charge is 0.378 e. The third-order valence-corrected chi connectivity index (χ3v) is 3.61. The van der Waals surface area contributed by atoms with Crippen molar-refractivity contribution in [1.29, 1.82) is 0 Å². The van der Waals surface area contributed by atoms with Gasteiger partial charge >= 0.3 is 11.8 Å². The minimum absolute atomic E-state index is 0.0962. The number of hydrazone groups is 1. The molecular formula is C17H24N4O3. The van der Waals surface area contributed by atoms with E-state index in [2.05, 4.69) is 20.7 Å². The van der Waals surface area contributed by atoms with Crippen molar-refractivity contribution in [1.82, 2.24) is 10.7 Å². The van der Waals surface area contributed by atoms with Gasteiger partial charge in [0, 0.05) is 24.8 Å². The van der Waals surface area contributed by atoms with E-state index in [9.17, 15) is 9.59 Å². The Labute approximate surface area is 142 Å². The lowest BCUT2D eigenvalue weighted by molar-refractivity contribution is -0.139. The average Bonchev–Trinajstić information content (AvgIpc) is 2.59. The number of nitrogens with zero attached hydrogens (tertiary/aromatic N) is 2. The Bertz CT molecular complexity index is 605. The van der Waals surface area contributed by atoms with Crippen molar-refractivity contribution >= 4 is 23.2 Å². The molecule has 2 rings (SSSR count). The third-order valence-electron chi connectivity index (χ3n) is 3.61. The molecule has 1 fully saturated rings. The Balaban J connectivity index is 1.95. The molecule has 0 radical (unpaired) electrons. The molecular weight excluding hydrogens is 308 g/mol. The molecule has 0 aromatic heterocycles. The number of carbonyl (C=O) groups excluding carboxylic acids is 2. The molecule has 2 amide bonds. The van der Waals surface area contributed by atoms with Crippen molar-refractivity contribution in [3.63, 3.8) is 0 Å². The molecule has 0 saturated carbocycles. The van der Waals surface area contributed by atoms with Crippen LogP contribution in [0.25, 0.3) is 0 Å². The summed E-state index contributed by atoms with van der Waals surface area (Å²) < 4.78 is 5.35. The Morgan fingerprint density at radius 1 is 1.12 bits per heavy atom. The van der Waals surface area contributed by atoms with Gasteiger partial charge in [0.2, 0.25) is 0 Å². The molecule has 0 spiro atoms. The van der Waals surface area contributed by atoms with Gasteiger partial charge in [-0.2, -0.15) is 5.10 Å². The highest BCUT2D eigenvalue weighted by Crippen LogP contribution is 2.17. The first-order chi connectivity index (χ1) is 11.5. The van der Waals surface area contributed by atoms with Gasteiger partial charge in [0.25, 0.3) is 0 Å². The fourth-order valence-electron chi connectivity index (χ4n) is 2.31. The lowest BCUT2D eigenvalue weighted by Gasteiger charge is -2.28. The van der Waals surface area contributed by atoms with E-state index in [1.807, 2.05) is 24.3 Å². The first kappa shape index (κ1) is 17.9. The van der Waals surface area contributed by atoms with Gasteiger partial charge in [-0.15, -0.1) is 0 Å². The Morgan fingerprint density at radius 2 is 1.75 bits per heavy atom. The molecule has 24 heavy (non-hydrogen) atoms. The summed E-state index contributed by atoms with van der Waals surface area (Å²) in [6, 6.07) is 7.84. The first-order valence-corrected chi connectivity index (χ1v) is 8.05. The molecule has 0 atom stereocenters. The summed E-state index contributed by atoms with van der Waals surface area (Å²) in [6.07, 6.45) is 0. The summed E-state index contributed by atoms with van der Waals surface area (Å²) >= 11 is 0. The van der Waals surface area contributed by atoms with Crippen LogP contribution in [0.2, 0.25) is 0 Å². The number of hydrogen-bond donors (Lipinski definition) is 2. The number of rotatable bonds is 4. The number of amides is 2. The van der Waals surface area contributed by atoms with E-state index in [-0.39, 0.29) is 6.04 Å². The van der Waals surface area contributed by atoms with Crippen LogP contribution in [0.15, 0.2) is 29.4 Å². The normalized spacial score (nSPS) is 15.3. The number of nitrogens with one attached hydrogen (secondary N) is 2. The number of anilines is 1. The molecule has 1 aliphatic rings. The molecule has 130 valence electrons. The van der Waals surface area contributed by atoms with Gasteiger partial charge in [0.05, 0.1) is 18.9 Å². The van der Waals surface area contributed by atoms with E-state index in [1.54, 1.807) is 20.8 Å². The first-order valence-electron chi connectivity index (χ1n) is 8.05. The Hall–Kier alpha value is -2.41. The second-order valence-corrected chi connectivity index (χ2v) is 5.91. The number of ether oxygens (including phenoxy) is 1. The SMILES string of the molecule is C/C(=N/NC(=O)C(=O)NC(C)C)c1ccc(N2CCOCC2)cc1. The van der Waals surface area contributed by atoms with Crippen LogP contribution in [0, 0.1) is 0 Å². The molecule has 2 N–H and O–H groups in total. The Morgan fingerprint density at radius 3 is 2.33 bits per heavy atom. The molecule has 1 aromatic rings. The standard InChI is InChI=1S/C17H24N4O3/c1-12(2)18-16(22)17(23)20-19-13(3)14-4-6-15(7-5-14)21-8-10-24-11-9-21/h4-7,12H,8-11H2,1-3H3,(H,18,22)(H,20,23)/b19-13-. The highest BCUT2D eigenvalue weighted by molar-refractivity contribution is 6.35. The second-order valence-electron chi connectivity index (χ2n) is 5.91. The van der Waals surface area contributed by atoms with Gasteiger partial charge in [-0.05, 0) is 38.5 Å². The van der Waals surface area contributed by atoms with Crippen molar-refractivity contribution in [2.24, 2.45) is 5.10 Å². The molecule has 0 aliphatic carbocycles. The summed E-state index contributed by atoms with van der Waals surface area (Å²) in [7, 11) is 0. The van der Waals surface area contributed by atoms with Crippen molar-refractivity contribution in [2.75, 3.05) is 31.2 Å². The smallest absolute Gasteiger partial charge is 0.329 e. The van der Waals surface area contributed by atoms with Gasteiger partial charge in [-0.25, -0.2) is 5.43 Å². The minimum atomic E-state index is -0.770. The number of hydrogen-bond acceptors (Lipinski definition) is 5. The zero-order valence-corrected chi connectivity index (χ0v) is 14.3. The van der Waals surface area contributed by atoms with Crippen molar-refractivity contribution in [3.8, 4) is 0 Å². The lowest BCUT2D eigenvalue weighted by atomic mass is 10.1.